The van der Waals surface area contributed by atoms with Gasteiger partial charge in [0.05, 0.1) is 6.20 Å². The number of methoxy groups -OCH3 is 1. The molecule has 1 rings (SSSR count). The largest absolute Gasteiger partial charge is 0.364 e. The molecule has 0 radical (unpaired) electrons. The molecule has 0 aliphatic rings. The van der Waals surface area contributed by atoms with Crippen molar-refractivity contribution in [3.63, 3.8) is 0 Å². The van der Waals surface area contributed by atoms with Crippen LogP contribution in [-0.4, -0.2) is 16.7 Å². The molecule has 4 nitrogen and oxygen atoms in total. The maximum absolute atomic E-state index is 10.8. The van der Waals surface area contributed by atoms with E-state index in [9.17, 15) is 4.79 Å². The van der Waals surface area contributed by atoms with Gasteiger partial charge in [-0.1, -0.05) is 0 Å². The molecule has 0 aliphatic heterocycles. The fourth-order valence-corrected chi connectivity index (χ4v) is 0.619. The van der Waals surface area contributed by atoms with Crippen LogP contribution in [0.3, 0.4) is 0 Å². The Morgan fingerprint density at radius 1 is 1.80 bits per heavy atom. The van der Waals surface area contributed by atoms with E-state index in [0.29, 0.717) is 0 Å². The van der Waals surface area contributed by atoms with Gasteiger partial charge >= 0.3 is 0 Å². The molecule has 0 atom stereocenters. The van der Waals surface area contributed by atoms with Crippen molar-refractivity contribution in [2.75, 3.05) is 7.11 Å². The third-order valence-electron chi connectivity index (χ3n) is 1.07. The molecule has 0 N–H and O–H groups in total. The van der Waals surface area contributed by atoms with Gasteiger partial charge in [-0.05, 0) is 0 Å². The summed E-state index contributed by atoms with van der Waals surface area (Å²) in [4.78, 5) is 14.5. The van der Waals surface area contributed by atoms with Crippen LogP contribution in [0.25, 0.3) is 0 Å². The zero-order valence-electron chi connectivity index (χ0n) is 5.65. The Labute approximate surface area is 58.1 Å². The van der Waals surface area contributed by atoms with Crippen LogP contribution >= 0.6 is 0 Å². The van der Waals surface area contributed by atoms with E-state index >= 15 is 0 Å². The highest BCUT2D eigenvalue weighted by Crippen LogP contribution is 1.77. The van der Waals surface area contributed by atoms with Crippen LogP contribution in [0.2, 0.25) is 0 Å². The molecular formula is C6H8N2O2. The van der Waals surface area contributed by atoms with Gasteiger partial charge in [-0.3, -0.25) is 14.3 Å². The molecule has 0 fully saturated rings. The monoisotopic (exact) mass is 140 g/mol. The van der Waals surface area contributed by atoms with Crippen LogP contribution in [0.15, 0.2) is 23.4 Å². The summed E-state index contributed by atoms with van der Waals surface area (Å²) in [7, 11) is 1.53. The maximum Gasteiger partial charge on any atom is 0.270 e. The number of rotatable bonds is 2. The molecule has 0 bridgehead atoms. The molecule has 0 saturated carbocycles. The fraction of sp³-hybridized carbons (Fsp3) is 0.333. The van der Waals surface area contributed by atoms with Crippen molar-refractivity contribution >= 4 is 0 Å². The predicted molar refractivity (Wildman–Crippen MR) is 35.5 cm³/mol. The van der Waals surface area contributed by atoms with Gasteiger partial charge in [-0.2, -0.15) is 0 Å². The lowest BCUT2D eigenvalue weighted by Gasteiger charge is -1.99. The summed E-state index contributed by atoms with van der Waals surface area (Å²) in [6.07, 6.45) is 4.37. The quantitative estimate of drug-likeness (QED) is 0.573. The lowest BCUT2D eigenvalue weighted by atomic mass is 10.7. The van der Waals surface area contributed by atoms with Gasteiger partial charge in [0.15, 0.2) is 0 Å². The van der Waals surface area contributed by atoms with E-state index in [0.717, 1.165) is 0 Å². The molecule has 0 unspecified atom stereocenters. The van der Waals surface area contributed by atoms with E-state index in [4.69, 9.17) is 4.74 Å². The minimum atomic E-state index is -0.149. The molecule has 0 spiro atoms. The lowest BCUT2D eigenvalue weighted by Crippen LogP contribution is -2.19. The third-order valence-corrected chi connectivity index (χ3v) is 1.07. The van der Waals surface area contributed by atoms with Gasteiger partial charge < -0.3 is 4.74 Å². The summed E-state index contributed by atoms with van der Waals surface area (Å²) < 4.78 is 6.17. The second-order valence-corrected chi connectivity index (χ2v) is 1.80. The number of ether oxygens (including phenoxy) is 1. The summed E-state index contributed by atoms with van der Waals surface area (Å²) in [5.41, 5.74) is -0.149. The van der Waals surface area contributed by atoms with Crippen LogP contribution in [0.1, 0.15) is 0 Å². The van der Waals surface area contributed by atoms with Crippen LogP contribution in [-0.2, 0) is 11.5 Å². The number of hydrogen-bond donors (Lipinski definition) is 0. The molecule has 0 amide bonds. The van der Waals surface area contributed by atoms with Crippen molar-refractivity contribution in [2.45, 2.75) is 6.73 Å². The van der Waals surface area contributed by atoms with Crippen molar-refractivity contribution < 1.29 is 4.74 Å². The Hall–Kier alpha value is -1.16. The highest BCUT2D eigenvalue weighted by molar-refractivity contribution is 4.78. The van der Waals surface area contributed by atoms with Gasteiger partial charge in [0, 0.05) is 19.5 Å². The summed E-state index contributed by atoms with van der Waals surface area (Å²) >= 11 is 0. The normalized spacial score (nSPS) is 9.70. The van der Waals surface area contributed by atoms with E-state index in [1.807, 2.05) is 0 Å². The molecular weight excluding hydrogens is 132 g/mol. The molecule has 0 saturated heterocycles. The van der Waals surface area contributed by atoms with Crippen molar-refractivity contribution in [1.29, 1.82) is 0 Å². The number of hydrogen-bond acceptors (Lipinski definition) is 3. The molecule has 54 valence electrons. The van der Waals surface area contributed by atoms with Crippen molar-refractivity contribution in [2.24, 2.45) is 0 Å². The van der Waals surface area contributed by atoms with Crippen molar-refractivity contribution in [1.82, 2.24) is 9.55 Å². The highest BCUT2D eigenvalue weighted by Gasteiger charge is 1.89. The summed E-state index contributed by atoms with van der Waals surface area (Å²) in [5, 5.41) is 0. The summed E-state index contributed by atoms with van der Waals surface area (Å²) in [5.74, 6) is 0. The molecule has 10 heavy (non-hydrogen) atoms. The minimum Gasteiger partial charge on any atom is -0.364 e. The van der Waals surface area contributed by atoms with E-state index in [1.165, 1.54) is 17.9 Å². The maximum atomic E-state index is 10.8. The van der Waals surface area contributed by atoms with Crippen molar-refractivity contribution in [3.05, 3.63) is 28.9 Å². The van der Waals surface area contributed by atoms with Crippen LogP contribution < -0.4 is 5.56 Å². The third kappa shape index (κ3) is 1.41. The first-order valence-electron chi connectivity index (χ1n) is 2.84. The Bertz CT molecular complexity index is 256. The standard InChI is InChI=1S/C6H8N2O2/c1-10-5-8-3-2-7-4-6(8)9/h2-4H,5H2,1H3. The van der Waals surface area contributed by atoms with Gasteiger partial charge in [-0.15, -0.1) is 0 Å². The molecule has 0 aromatic carbocycles. The Morgan fingerprint density at radius 3 is 3.20 bits per heavy atom. The lowest BCUT2D eigenvalue weighted by molar-refractivity contribution is 0.128. The summed E-state index contributed by atoms with van der Waals surface area (Å²) in [6.45, 7) is 0.279. The average Bonchev–Trinajstić information content (AvgIpc) is 1.94. The van der Waals surface area contributed by atoms with Gasteiger partial charge in [-0.25, -0.2) is 0 Å². The number of nitrogens with zero attached hydrogens (tertiary/aromatic N) is 2. The van der Waals surface area contributed by atoms with Crippen LogP contribution in [0, 0.1) is 0 Å². The van der Waals surface area contributed by atoms with Gasteiger partial charge in [0.1, 0.15) is 6.73 Å². The topological polar surface area (TPSA) is 44.1 Å². The molecule has 0 aliphatic carbocycles. The van der Waals surface area contributed by atoms with Crippen molar-refractivity contribution in [3.8, 4) is 0 Å². The van der Waals surface area contributed by atoms with Gasteiger partial charge in [0.2, 0.25) is 0 Å². The smallest absolute Gasteiger partial charge is 0.270 e. The highest BCUT2D eigenvalue weighted by atomic mass is 16.5. The summed E-state index contributed by atoms with van der Waals surface area (Å²) in [6, 6.07) is 0. The Morgan fingerprint density at radius 2 is 2.60 bits per heavy atom. The van der Waals surface area contributed by atoms with Crippen LogP contribution in [0.4, 0.5) is 0 Å². The van der Waals surface area contributed by atoms with E-state index in [2.05, 4.69) is 4.98 Å². The minimum absolute atomic E-state index is 0.149. The van der Waals surface area contributed by atoms with E-state index in [1.54, 1.807) is 12.4 Å². The molecule has 4 heteroatoms. The first kappa shape index (κ1) is 6.95. The van der Waals surface area contributed by atoms with E-state index < -0.39 is 0 Å². The molecule has 1 aromatic heterocycles. The fourth-order valence-electron chi connectivity index (χ4n) is 0.619. The van der Waals surface area contributed by atoms with Crippen LogP contribution in [0.5, 0.6) is 0 Å². The predicted octanol–water partition coefficient (Wildman–Crippen LogP) is -0.153. The number of aromatic nitrogens is 2. The van der Waals surface area contributed by atoms with E-state index in [-0.39, 0.29) is 12.3 Å². The zero-order valence-corrected chi connectivity index (χ0v) is 5.65. The molecule has 1 heterocycles. The Kier molecular flexibility index (Phi) is 2.17. The zero-order chi connectivity index (χ0) is 7.40. The van der Waals surface area contributed by atoms with Gasteiger partial charge in [0.25, 0.3) is 5.56 Å². The molecule has 1 aromatic rings. The average molecular weight is 140 g/mol. The SMILES string of the molecule is COCn1ccncc1=O. The second kappa shape index (κ2) is 3.12. The second-order valence-electron chi connectivity index (χ2n) is 1.80. The first-order valence-corrected chi connectivity index (χ1v) is 2.84. The Balaban J connectivity index is 2.92. The first-order chi connectivity index (χ1) is 4.84.